The van der Waals surface area contributed by atoms with Crippen LogP contribution in [-0.2, 0) is 10.0 Å². The van der Waals surface area contributed by atoms with Crippen molar-refractivity contribution < 1.29 is 18.3 Å². The normalized spacial score (nSPS) is 21.6. The number of nitrogens with two attached hydrogens (primary N) is 1. The molecule has 0 aromatic heterocycles. The van der Waals surface area contributed by atoms with Crippen molar-refractivity contribution in [3.63, 3.8) is 0 Å². The van der Waals surface area contributed by atoms with E-state index in [1.54, 1.807) is 11.0 Å². The van der Waals surface area contributed by atoms with Gasteiger partial charge in [-0.05, 0) is 43.4 Å². The molecule has 1 aromatic rings. The maximum Gasteiger partial charge on any atom is 0.321 e. The van der Waals surface area contributed by atoms with Gasteiger partial charge in [0.15, 0.2) is 0 Å². The highest BCUT2D eigenvalue weighted by Gasteiger charge is 2.33. The van der Waals surface area contributed by atoms with Crippen LogP contribution < -0.4 is 10.5 Å². The van der Waals surface area contributed by atoms with E-state index in [0.29, 0.717) is 25.2 Å². The number of hydrogen-bond acceptors (Lipinski definition) is 5. The summed E-state index contributed by atoms with van der Waals surface area (Å²) in [5.74, 6) is 0.762. The van der Waals surface area contributed by atoms with Gasteiger partial charge in [-0.2, -0.15) is 0 Å². The number of sulfonamides is 1. The first-order chi connectivity index (χ1) is 12.4. The average molecular weight is 382 g/mol. The van der Waals surface area contributed by atoms with Crippen LogP contribution in [0.5, 0.6) is 0 Å². The molecule has 2 amide bonds. The zero-order valence-electron chi connectivity index (χ0n) is 14.7. The highest BCUT2D eigenvalue weighted by molar-refractivity contribution is 7.89. The molecule has 8 nitrogen and oxygen atoms in total. The minimum atomic E-state index is -3.81. The van der Waals surface area contributed by atoms with Crippen LogP contribution in [0.2, 0.25) is 0 Å². The zero-order valence-corrected chi connectivity index (χ0v) is 15.5. The van der Waals surface area contributed by atoms with Gasteiger partial charge in [0.2, 0.25) is 10.0 Å². The van der Waals surface area contributed by atoms with E-state index in [1.165, 1.54) is 31.0 Å². The molecule has 0 bridgehead atoms. The summed E-state index contributed by atoms with van der Waals surface area (Å²) < 4.78 is 22.9. The molecule has 0 spiro atoms. The molecule has 0 radical (unpaired) electrons. The molecule has 4 N–H and O–H groups in total. The molecule has 1 unspecified atom stereocenters. The molecule has 26 heavy (non-hydrogen) atoms. The number of piperazine rings is 1. The molecule has 1 heterocycles. The Morgan fingerprint density at radius 2 is 2.08 bits per heavy atom. The number of anilines is 1. The molecule has 2 aliphatic rings. The molecule has 2 fully saturated rings. The van der Waals surface area contributed by atoms with Crippen LogP contribution in [0, 0.1) is 5.92 Å². The minimum Gasteiger partial charge on any atom is -0.396 e. The van der Waals surface area contributed by atoms with E-state index in [0.717, 1.165) is 19.0 Å². The second-order valence-corrected chi connectivity index (χ2v) is 8.61. The van der Waals surface area contributed by atoms with E-state index in [9.17, 15) is 18.3 Å². The summed E-state index contributed by atoms with van der Waals surface area (Å²) >= 11 is 0. The highest BCUT2D eigenvalue weighted by atomic mass is 32.2. The lowest BCUT2D eigenvalue weighted by Gasteiger charge is -2.41. The van der Waals surface area contributed by atoms with Crippen molar-refractivity contribution in [2.45, 2.75) is 30.2 Å². The Kier molecular flexibility index (Phi) is 5.81. The minimum absolute atomic E-state index is 0.0392. The average Bonchev–Trinajstić information content (AvgIpc) is 3.40. The van der Waals surface area contributed by atoms with Crippen LogP contribution in [0.4, 0.5) is 10.5 Å². The van der Waals surface area contributed by atoms with Crippen molar-refractivity contribution in [3.05, 3.63) is 24.3 Å². The molecule has 1 aliphatic heterocycles. The Morgan fingerprint density at radius 1 is 1.31 bits per heavy atom. The molecule has 1 aromatic carbocycles. The lowest BCUT2D eigenvalue weighted by Crippen LogP contribution is -2.56. The summed E-state index contributed by atoms with van der Waals surface area (Å²) in [6.07, 6.45) is 3.18. The molecule has 1 aliphatic carbocycles. The standard InChI is InChI=1S/C17H26N4O4S/c18-26(24,25)16-3-1-2-14(10-16)19-17(23)21-8-7-20(11-13-4-5-13)15(12-21)6-9-22/h1-3,10,13,15,22H,4-9,11-12H2,(H,19,23)(H2,18,24,25). The van der Waals surface area contributed by atoms with Crippen molar-refractivity contribution >= 4 is 21.7 Å². The first-order valence-corrected chi connectivity index (χ1v) is 10.4. The van der Waals surface area contributed by atoms with Crippen molar-refractivity contribution in [2.24, 2.45) is 11.1 Å². The van der Waals surface area contributed by atoms with E-state index in [4.69, 9.17) is 5.14 Å². The summed E-state index contributed by atoms with van der Waals surface area (Å²) in [4.78, 5) is 16.6. The third-order valence-corrected chi connectivity index (χ3v) is 5.87. The molecule has 9 heteroatoms. The van der Waals surface area contributed by atoms with Crippen molar-refractivity contribution in [2.75, 3.05) is 38.1 Å². The largest absolute Gasteiger partial charge is 0.396 e. The number of benzene rings is 1. The number of urea groups is 1. The highest BCUT2D eigenvalue weighted by Crippen LogP contribution is 2.31. The van der Waals surface area contributed by atoms with Crippen LogP contribution in [-0.4, -0.2) is 68.2 Å². The molecule has 144 valence electrons. The smallest absolute Gasteiger partial charge is 0.321 e. The predicted octanol–water partition coefficient (Wildman–Crippen LogP) is 0.644. The SMILES string of the molecule is NS(=O)(=O)c1cccc(NC(=O)N2CCN(CC3CC3)C(CCO)C2)c1. The number of nitrogens with zero attached hydrogens (tertiary/aromatic N) is 2. The quantitative estimate of drug-likeness (QED) is 0.668. The van der Waals surface area contributed by atoms with Crippen molar-refractivity contribution in [1.82, 2.24) is 9.80 Å². The number of aliphatic hydroxyl groups is 1. The molecule has 1 saturated carbocycles. The number of carbonyl (C=O) groups is 1. The summed E-state index contributed by atoms with van der Waals surface area (Å²) in [5.41, 5.74) is 0.389. The van der Waals surface area contributed by atoms with Gasteiger partial charge in [-0.1, -0.05) is 6.07 Å². The van der Waals surface area contributed by atoms with Gasteiger partial charge in [0.25, 0.3) is 0 Å². The Morgan fingerprint density at radius 3 is 2.73 bits per heavy atom. The number of nitrogens with one attached hydrogen (secondary N) is 1. The van der Waals surface area contributed by atoms with E-state index in [-0.39, 0.29) is 23.6 Å². The van der Waals surface area contributed by atoms with E-state index < -0.39 is 10.0 Å². The van der Waals surface area contributed by atoms with Gasteiger partial charge < -0.3 is 15.3 Å². The summed E-state index contributed by atoms with van der Waals surface area (Å²) in [5, 5.41) is 17.2. The second-order valence-electron chi connectivity index (χ2n) is 7.05. The summed E-state index contributed by atoms with van der Waals surface area (Å²) in [6.45, 7) is 3.07. The fourth-order valence-corrected chi connectivity index (χ4v) is 3.89. The van der Waals surface area contributed by atoms with Gasteiger partial charge in [0.05, 0.1) is 4.90 Å². The van der Waals surface area contributed by atoms with Crippen LogP contribution in [0.25, 0.3) is 0 Å². The Balaban J connectivity index is 1.62. The number of amides is 2. The first kappa shape index (κ1) is 19.1. The van der Waals surface area contributed by atoms with Crippen LogP contribution in [0.1, 0.15) is 19.3 Å². The summed E-state index contributed by atoms with van der Waals surface area (Å²) in [6, 6.07) is 5.78. The Labute approximate surface area is 154 Å². The molecule has 3 rings (SSSR count). The van der Waals surface area contributed by atoms with E-state index in [1.807, 2.05) is 0 Å². The van der Waals surface area contributed by atoms with Gasteiger partial charge in [-0.25, -0.2) is 18.4 Å². The molecule has 1 atom stereocenters. The van der Waals surface area contributed by atoms with Crippen LogP contribution >= 0.6 is 0 Å². The van der Waals surface area contributed by atoms with Gasteiger partial charge in [-0.15, -0.1) is 0 Å². The van der Waals surface area contributed by atoms with E-state index in [2.05, 4.69) is 10.2 Å². The predicted molar refractivity (Wildman–Crippen MR) is 98.2 cm³/mol. The van der Waals surface area contributed by atoms with E-state index >= 15 is 0 Å². The monoisotopic (exact) mass is 382 g/mol. The lowest BCUT2D eigenvalue weighted by molar-refractivity contribution is 0.0739. The Bertz CT molecular complexity index is 751. The third-order valence-electron chi connectivity index (χ3n) is 4.96. The van der Waals surface area contributed by atoms with Crippen LogP contribution in [0.15, 0.2) is 29.2 Å². The summed E-state index contributed by atoms with van der Waals surface area (Å²) in [7, 11) is -3.81. The van der Waals surface area contributed by atoms with Gasteiger partial charge in [-0.3, -0.25) is 4.90 Å². The van der Waals surface area contributed by atoms with Gasteiger partial charge >= 0.3 is 6.03 Å². The van der Waals surface area contributed by atoms with Gasteiger partial charge in [0.1, 0.15) is 0 Å². The lowest BCUT2D eigenvalue weighted by atomic mass is 10.1. The number of rotatable bonds is 6. The third kappa shape index (κ3) is 4.94. The first-order valence-electron chi connectivity index (χ1n) is 8.90. The number of primary sulfonamides is 1. The van der Waals surface area contributed by atoms with Gasteiger partial charge in [0, 0.05) is 44.5 Å². The fraction of sp³-hybridized carbons (Fsp3) is 0.588. The second kappa shape index (κ2) is 7.91. The van der Waals surface area contributed by atoms with Crippen molar-refractivity contribution in [3.8, 4) is 0 Å². The fourth-order valence-electron chi connectivity index (χ4n) is 3.33. The van der Waals surface area contributed by atoms with Crippen molar-refractivity contribution in [1.29, 1.82) is 0 Å². The maximum atomic E-state index is 12.6. The molecular weight excluding hydrogens is 356 g/mol. The molecular formula is C17H26N4O4S. The number of hydrogen-bond donors (Lipinski definition) is 3. The number of carbonyl (C=O) groups excluding carboxylic acids is 1. The topological polar surface area (TPSA) is 116 Å². The van der Waals surface area contributed by atoms with Crippen LogP contribution in [0.3, 0.4) is 0 Å². The Hall–Kier alpha value is -1.68. The maximum absolute atomic E-state index is 12.6. The zero-order chi connectivity index (χ0) is 18.7. The molecule has 1 saturated heterocycles. The number of aliphatic hydroxyl groups excluding tert-OH is 1.